The highest BCUT2D eigenvalue weighted by Crippen LogP contribution is 2.11. The van der Waals surface area contributed by atoms with Gasteiger partial charge in [-0.2, -0.15) is 0 Å². The number of nitrogens with one attached hydrogen (secondary N) is 2. The molecule has 0 saturated carbocycles. The van der Waals surface area contributed by atoms with Crippen LogP contribution < -0.4 is 10.6 Å². The molecule has 96 valence electrons. The van der Waals surface area contributed by atoms with Crippen molar-refractivity contribution in [3.63, 3.8) is 0 Å². The van der Waals surface area contributed by atoms with Gasteiger partial charge in [-0.25, -0.2) is 9.97 Å². The van der Waals surface area contributed by atoms with Gasteiger partial charge in [0.15, 0.2) is 0 Å². The van der Waals surface area contributed by atoms with Gasteiger partial charge in [0.25, 0.3) is 0 Å². The third-order valence-corrected chi connectivity index (χ3v) is 2.28. The van der Waals surface area contributed by atoms with E-state index >= 15 is 0 Å². The van der Waals surface area contributed by atoms with Gasteiger partial charge in [0.05, 0.1) is 0 Å². The van der Waals surface area contributed by atoms with Crippen LogP contribution in [-0.4, -0.2) is 36.8 Å². The fourth-order valence-corrected chi connectivity index (χ4v) is 1.45. The van der Waals surface area contributed by atoms with Gasteiger partial charge >= 0.3 is 0 Å². The van der Waals surface area contributed by atoms with E-state index in [9.17, 15) is 0 Å². The second-order valence-electron chi connectivity index (χ2n) is 3.71. The predicted octanol–water partition coefficient (Wildman–Crippen LogP) is 1.92. The molecule has 1 rings (SSSR count). The molecule has 1 aromatic rings. The van der Waals surface area contributed by atoms with Gasteiger partial charge in [0.1, 0.15) is 17.5 Å². The Kier molecular flexibility index (Phi) is 6.32. The summed E-state index contributed by atoms with van der Waals surface area (Å²) >= 11 is 0. The molecule has 0 aliphatic carbocycles. The molecule has 2 N–H and O–H groups in total. The maximum atomic E-state index is 5.00. The molecule has 5 heteroatoms. The summed E-state index contributed by atoms with van der Waals surface area (Å²) in [5.74, 6) is 2.62. The van der Waals surface area contributed by atoms with Gasteiger partial charge in [-0.3, -0.25) is 0 Å². The van der Waals surface area contributed by atoms with Crippen LogP contribution in [0.1, 0.15) is 26.1 Å². The highest BCUT2D eigenvalue weighted by Gasteiger charge is 2.02. The Bertz CT molecular complexity index is 330. The zero-order chi connectivity index (χ0) is 12.5. The van der Waals surface area contributed by atoms with Gasteiger partial charge < -0.3 is 15.4 Å². The molecular formula is C12H22N4O. The molecule has 0 spiro atoms. The minimum atomic E-state index is 0.763. The van der Waals surface area contributed by atoms with Crippen molar-refractivity contribution < 1.29 is 4.74 Å². The van der Waals surface area contributed by atoms with Gasteiger partial charge in [0.2, 0.25) is 0 Å². The van der Waals surface area contributed by atoms with E-state index in [1.54, 1.807) is 7.11 Å². The number of methoxy groups -OCH3 is 1. The minimum Gasteiger partial charge on any atom is -0.385 e. The van der Waals surface area contributed by atoms with Crippen LogP contribution >= 0.6 is 0 Å². The SMILES string of the molecule is CCNc1cc(NCCCOC)nc(CC)n1. The molecule has 0 unspecified atom stereocenters. The van der Waals surface area contributed by atoms with Crippen molar-refractivity contribution in [2.24, 2.45) is 0 Å². The molecule has 0 aliphatic heterocycles. The van der Waals surface area contributed by atoms with Crippen molar-refractivity contribution in [3.05, 3.63) is 11.9 Å². The van der Waals surface area contributed by atoms with Crippen LogP contribution in [0.25, 0.3) is 0 Å². The van der Waals surface area contributed by atoms with E-state index in [4.69, 9.17) is 4.74 Å². The second-order valence-corrected chi connectivity index (χ2v) is 3.71. The lowest BCUT2D eigenvalue weighted by Gasteiger charge is -2.09. The third-order valence-electron chi connectivity index (χ3n) is 2.28. The average molecular weight is 238 g/mol. The van der Waals surface area contributed by atoms with Gasteiger partial charge in [-0.15, -0.1) is 0 Å². The van der Waals surface area contributed by atoms with Gasteiger partial charge in [-0.1, -0.05) is 6.92 Å². The highest BCUT2D eigenvalue weighted by molar-refractivity contribution is 5.47. The summed E-state index contributed by atoms with van der Waals surface area (Å²) in [7, 11) is 1.71. The molecule has 0 atom stereocenters. The van der Waals surface area contributed by atoms with Crippen molar-refractivity contribution in [2.45, 2.75) is 26.7 Å². The topological polar surface area (TPSA) is 59.1 Å². The summed E-state index contributed by atoms with van der Waals surface area (Å²) in [6, 6.07) is 1.94. The molecule has 0 fully saturated rings. The van der Waals surface area contributed by atoms with Crippen LogP contribution in [0.4, 0.5) is 11.6 Å². The van der Waals surface area contributed by atoms with Crippen LogP contribution in [-0.2, 0) is 11.2 Å². The van der Waals surface area contributed by atoms with Crippen molar-refractivity contribution in [1.29, 1.82) is 0 Å². The summed E-state index contributed by atoms with van der Waals surface area (Å²) < 4.78 is 5.00. The average Bonchev–Trinajstić information content (AvgIpc) is 2.35. The first kappa shape index (κ1) is 13.7. The van der Waals surface area contributed by atoms with E-state index in [1.165, 1.54) is 0 Å². The number of anilines is 2. The van der Waals surface area contributed by atoms with Crippen molar-refractivity contribution >= 4 is 11.6 Å². The minimum absolute atomic E-state index is 0.763. The van der Waals surface area contributed by atoms with Crippen molar-refractivity contribution in [2.75, 3.05) is 37.4 Å². The van der Waals surface area contributed by atoms with E-state index < -0.39 is 0 Å². The molecule has 5 nitrogen and oxygen atoms in total. The number of aromatic nitrogens is 2. The Hall–Kier alpha value is -1.36. The molecule has 0 amide bonds. The zero-order valence-corrected chi connectivity index (χ0v) is 10.9. The third kappa shape index (κ3) is 4.99. The standard InChI is InChI=1S/C12H22N4O/c1-4-10-15-11(13-5-2)9-12(16-10)14-7-6-8-17-3/h9H,4-8H2,1-3H3,(H2,13,14,15,16). The largest absolute Gasteiger partial charge is 0.385 e. The summed E-state index contributed by atoms with van der Waals surface area (Å²) in [5, 5.41) is 6.49. The van der Waals surface area contributed by atoms with E-state index in [2.05, 4.69) is 34.4 Å². The molecule has 0 aromatic carbocycles. The highest BCUT2D eigenvalue weighted by atomic mass is 16.5. The Morgan fingerprint density at radius 3 is 2.47 bits per heavy atom. The molecule has 17 heavy (non-hydrogen) atoms. The second kappa shape index (κ2) is 7.84. The smallest absolute Gasteiger partial charge is 0.132 e. The van der Waals surface area contributed by atoms with Gasteiger partial charge in [-0.05, 0) is 13.3 Å². The van der Waals surface area contributed by atoms with Gasteiger partial charge in [0, 0.05) is 39.3 Å². The fourth-order valence-electron chi connectivity index (χ4n) is 1.45. The number of ether oxygens (including phenoxy) is 1. The first-order valence-electron chi connectivity index (χ1n) is 6.14. The lowest BCUT2D eigenvalue weighted by Crippen LogP contribution is -2.09. The molecule has 1 heterocycles. The Morgan fingerprint density at radius 1 is 1.18 bits per heavy atom. The van der Waals surface area contributed by atoms with Crippen LogP contribution in [0.5, 0.6) is 0 Å². The van der Waals surface area contributed by atoms with Crippen LogP contribution in [0.15, 0.2) is 6.07 Å². The van der Waals surface area contributed by atoms with E-state index in [-0.39, 0.29) is 0 Å². The quantitative estimate of drug-likeness (QED) is 0.678. The molecule has 1 aromatic heterocycles. The number of hydrogen-bond acceptors (Lipinski definition) is 5. The molecule has 0 bridgehead atoms. The molecule has 0 aliphatic rings. The zero-order valence-electron chi connectivity index (χ0n) is 10.9. The van der Waals surface area contributed by atoms with Crippen molar-refractivity contribution in [1.82, 2.24) is 9.97 Å². The Labute approximate surface area is 103 Å². The lowest BCUT2D eigenvalue weighted by molar-refractivity contribution is 0.198. The first-order chi connectivity index (χ1) is 8.30. The monoisotopic (exact) mass is 238 g/mol. The predicted molar refractivity (Wildman–Crippen MR) is 70.6 cm³/mol. The molecule has 0 radical (unpaired) electrons. The number of hydrogen-bond donors (Lipinski definition) is 2. The summed E-state index contributed by atoms with van der Waals surface area (Å²) in [6.07, 6.45) is 1.81. The maximum absolute atomic E-state index is 5.00. The van der Waals surface area contributed by atoms with E-state index in [0.717, 1.165) is 50.0 Å². The van der Waals surface area contributed by atoms with E-state index in [1.807, 2.05) is 6.07 Å². The normalized spacial score (nSPS) is 10.3. The Morgan fingerprint density at radius 2 is 1.88 bits per heavy atom. The van der Waals surface area contributed by atoms with Crippen LogP contribution in [0, 0.1) is 0 Å². The Balaban J connectivity index is 2.59. The van der Waals surface area contributed by atoms with E-state index in [0.29, 0.717) is 0 Å². The maximum Gasteiger partial charge on any atom is 0.132 e. The summed E-state index contributed by atoms with van der Waals surface area (Å²) in [4.78, 5) is 8.83. The number of nitrogens with zero attached hydrogens (tertiary/aromatic N) is 2. The van der Waals surface area contributed by atoms with Crippen LogP contribution in [0.2, 0.25) is 0 Å². The lowest BCUT2D eigenvalue weighted by atomic mass is 10.4. The fraction of sp³-hybridized carbons (Fsp3) is 0.667. The number of rotatable bonds is 8. The molecular weight excluding hydrogens is 216 g/mol. The summed E-state index contributed by atoms with van der Waals surface area (Å²) in [6.45, 7) is 6.60. The number of aryl methyl sites for hydroxylation is 1. The molecule has 0 saturated heterocycles. The van der Waals surface area contributed by atoms with Crippen LogP contribution in [0.3, 0.4) is 0 Å². The summed E-state index contributed by atoms with van der Waals surface area (Å²) in [5.41, 5.74) is 0. The van der Waals surface area contributed by atoms with Crippen molar-refractivity contribution in [3.8, 4) is 0 Å². The first-order valence-corrected chi connectivity index (χ1v) is 6.14.